The summed E-state index contributed by atoms with van der Waals surface area (Å²) in [5.74, 6) is 0. The van der Waals surface area contributed by atoms with Gasteiger partial charge in [-0.1, -0.05) is 30.3 Å². The van der Waals surface area contributed by atoms with E-state index in [2.05, 4.69) is 67.8 Å². The van der Waals surface area contributed by atoms with Gasteiger partial charge >= 0.3 is 0 Å². The Labute approximate surface area is 164 Å². The lowest BCUT2D eigenvalue weighted by Crippen LogP contribution is -2.20. The van der Waals surface area contributed by atoms with E-state index in [9.17, 15) is 0 Å². The van der Waals surface area contributed by atoms with Crippen molar-refractivity contribution in [2.24, 2.45) is 0 Å². The average molecular weight is 389 g/mol. The SMILES string of the molecule is c1ccc(C(Nc2ccnc3sccc23)Nc2ccnc3sccc23)cc1. The zero-order valence-corrected chi connectivity index (χ0v) is 15.9. The smallest absolute Gasteiger partial charge is 0.125 e. The molecule has 6 heteroatoms. The van der Waals surface area contributed by atoms with Crippen LogP contribution in [0.2, 0.25) is 0 Å². The van der Waals surface area contributed by atoms with Crippen LogP contribution in [0.4, 0.5) is 11.4 Å². The zero-order chi connectivity index (χ0) is 18.1. The van der Waals surface area contributed by atoms with E-state index in [1.54, 1.807) is 22.7 Å². The number of aromatic nitrogens is 2. The van der Waals surface area contributed by atoms with Crippen molar-refractivity contribution in [3.05, 3.63) is 83.3 Å². The van der Waals surface area contributed by atoms with Crippen LogP contribution in [0.15, 0.2) is 77.8 Å². The standard InChI is InChI=1S/C21H16N4S2/c1-2-4-14(5-3-1)19(24-17-6-10-22-20-15(17)8-12-26-20)25-18-7-11-23-21-16(18)9-13-27-21/h1-13,19H,(H,22,24)(H,23,25). The fourth-order valence-electron chi connectivity index (χ4n) is 3.16. The minimum absolute atomic E-state index is 0.0813. The monoisotopic (exact) mass is 388 g/mol. The number of thiophene rings is 2. The number of nitrogens with zero attached hydrogens (tertiary/aromatic N) is 2. The van der Waals surface area contributed by atoms with Crippen molar-refractivity contribution in [1.82, 2.24) is 9.97 Å². The third kappa shape index (κ3) is 3.13. The Morgan fingerprint density at radius 1 is 0.667 bits per heavy atom. The number of rotatable bonds is 5. The van der Waals surface area contributed by atoms with Crippen molar-refractivity contribution >= 4 is 54.5 Å². The van der Waals surface area contributed by atoms with Crippen LogP contribution in [0.3, 0.4) is 0 Å². The molecule has 0 saturated heterocycles. The molecule has 27 heavy (non-hydrogen) atoms. The Morgan fingerprint density at radius 2 is 1.22 bits per heavy atom. The molecule has 0 amide bonds. The number of benzene rings is 1. The normalized spacial score (nSPS) is 11.3. The van der Waals surface area contributed by atoms with E-state index in [0.717, 1.165) is 37.4 Å². The van der Waals surface area contributed by atoms with Gasteiger partial charge in [0, 0.05) is 34.5 Å². The highest BCUT2D eigenvalue weighted by Gasteiger charge is 2.15. The van der Waals surface area contributed by atoms with Crippen molar-refractivity contribution in [2.75, 3.05) is 10.6 Å². The van der Waals surface area contributed by atoms with E-state index in [4.69, 9.17) is 0 Å². The van der Waals surface area contributed by atoms with Crippen LogP contribution in [0.1, 0.15) is 11.7 Å². The summed E-state index contributed by atoms with van der Waals surface area (Å²) in [5, 5.41) is 13.8. The topological polar surface area (TPSA) is 49.8 Å². The van der Waals surface area contributed by atoms with Gasteiger partial charge in [-0.2, -0.15) is 0 Å². The molecule has 5 rings (SSSR count). The maximum absolute atomic E-state index is 4.45. The number of pyridine rings is 2. The van der Waals surface area contributed by atoms with E-state index in [1.165, 1.54) is 0 Å². The van der Waals surface area contributed by atoms with Gasteiger partial charge in [-0.15, -0.1) is 22.7 Å². The predicted octanol–water partition coefficient (Wildman–Crippen LogP) is 6.13. The first-order valence-corrected chi connectivity index (χ1v) is 10.4. The molecule has 0 aliphatic rings. The molecule has 132 valence electrons. The quantitative estimate of drug-likeness (QED) is 0.356. The van der Waals surface area contributed by atoms with E-state index in [-0.39, 0.29) is 6.17 Å². The average Bonchev–Trinajstić information content (AvgIpc) is 3.38. The zero-order valence-electron chi connectivity index (χ0n) is 14.3. The van der Waals surface area contributed by atoms with Gasteiger partial charge in [0.15, 0.2) is 0 Å². The molecule has 5 aromatic rings. The Hall–Kier alpha value is -2.96. The minimum atomic E-state index is -0.0813. The summed E-state index contributed by atoms with van der Waals surface area (Å²) in [7, 11) is 0. The van der Waals surface area contributed by atoms with Crippen molar-refractivity contribution in [1.29, 1.82) is 0 Å². The van der Waals surface area contributed by atoms with Crippen LogP contribution in [0, 0.1) is 0 Å². The van der Waals surface area contributed by atoms with Crippen molar-refractivity contribution in [3.63, 3.8) is 0 Å². The van der Waals surface area contributed by atoms with Gasteiger partial charge in [0.05, 0.1) is 0 Å². The fraction of sp³-hybridized carbons (Fsp3) is 0.0476. The van der Waals surface area contributed by atoms with Gasteiger partial charge in [-0.05, 0) is 40.6 Å². The molecule has 0 atom stereocenters. The third-order valence-electron chi connectivity index (χ3n) is 4.47. The number of fused-ring (bicyclic) bond motifs is 2. The lowest BCUT2D eigenvalue weighted by atomic mass is 10.1. The molecule has 0 bridgehead atoms. The summed E-state index contributed by atoms with van der Waals surface area (Å²) in [6, 6.07) is 18.7. The van der Waals surface area contributed by atoms with Crippen molar-refractivity contribution in [2.45, 2.75) is 6.17 Å². The second kappa shape index (κ2) is 6.98. The lowest BCUT2D eigenvalue weighted by Gasteiger charge is -2.23. The van der Waals surface area contributed by atoms with Gasteiger partial charge in [-0.3, -0.25) is 0 Å². The first-order chi connectivity index (χ1) is 13.4. The second-order valence-corrected chi connectivity index (χ2v) is 7.92. The van der Waals surface area contributed by atoms with Gasteiger partial charge in [-0.25, -0.2) is 9.97 Å². The van der Waals surface area contributed by atoms with Crippen molar-refractivity contribution in [3.8, 4) is 0 Å². The Balaban J connectivity index is 1.55. The number of nitrogens with one attached hydrogen (secondary N) is 2. The largest absolute Gasteiger partial charge is 0.361 e. The molecule has 0 radical (unpaired) electrons. The molecular formula is C21H16N4S2. The molecule has 0 saturated carbocycles. The molecular weight excluding hydrogens is 372 g/mol. The van der Waals surface area contributed by atoms with Gasteiger partial charge in [0.25, 0.3) is 0 Å². The minimum Gasteiger partial charge on any atom is -0.361 e. The van der Waals surface area contributed by atoms with Gasteiger partial charge < -0.3 is 10.6 Å². The number of anilines is 2. The molecule has 4 aromatic heterocycles. The number of hydrogen-bond donors (Lipinski definition) is 2. The molecule has 0 unspecified atom stereocenters. The lowest BCUT2D eigenvalue weighted by molar-refractivity contribution is 0.906. The third-order valence-corrected chi connectivity index (χ3v) is 6.11. The van der Waals surface area contributed by atoms with Crippen LogP contribution in [-0.4, -0.2) is 9.97 Å². The van der Waals surface area contributed by atoms with Crippen LogP contribution in [0.25, 0.3) is 20.4 Å². The van der Waals surface area contributed by atoms with Gasteiger partial charge in [0.2, 0.25) is 0 Å². The van der Waals surface area contributed by atoms with Crippen LogP contribution in [0.5, 0.6) is 0 Å². The Morgan fingerprint density at radius 3 is 1.78 bits per heavy atom. The maximum atomic E-state index is 4.45. The summed E-state index contributed by atoms with van der Waals surface area (Å²) in [5.41, 5.74) is 3.30. The van der Waals surface area contributed by atoms with Crippen LogP contribution < -0.4 is 10.6 Å². The summed E-state index contributed by atoms with van der Waals surface area (Å²) in [6.45, 7) is 0. The molecule has 1 aromatic carbocycles. The molecule has 4 heterocycles. The highest BCUT2D eigenvalue weighted by Crippen LogP contribution is 2.32. The molecule has 0 aliphatic carbocycles. The summed E-state index contributed by atoms with van der Waals surface area (Å²) in [6.07, 6.45) is 3.63. The van der Waals surface area contributed by atoms with E-state index in [0.29, 0.717) is 0 Å². The molecule has 0 fully saturated rings. The summed E-state index contributed by atoms with van der Waals surface area (Å²) in [4.78, 5) is 11.0. The molecule has 0 spiro atoms. The maximum Gasteiger partial charge on any atom is 0.125 e. The van der Waals surface area contributed by atoms with Crippen molar-refractivity contribution < 1.29 is 0 Å². The van der Waals surface area contributed by atoms with Crippen LogP contribution in [-0.2, 0) is 0 Å². The summed E-state index contributed by atoms with van der Waals surface area (Å²) < 4.78 is 0. The van der Waals surface area contributed by atoms with Crippen LogP contribution >= 0.6 is 22.7 Å². The van der Waals surface area contributed by atoms with E-state index in [1.807, 2.05) is 30.6 Å². The summed E-state index contributed by atoms with van der Waals surface area (Å²) >= 11 is 3.31. The highest BCUT2D eigenvalue weighted by molar-refractivity contribution is 7.17. The highest BCUT2D eigenvalue weighted by atomic mass is 32.1. The fourth-order valence-corrected chi connectivity index (χ4v) is 4.68. The first kappa shape index (κ1) is 16.2. The first-order valence-electron chi connectivity index (χ1n) is 8.61. The van der Waals surface area contributed by atoms with E-state index < -0.39 is 0 Å². The second-order valence-electron chi connectivity index (χ2n) is 6.13. The molecule has 0 aliphatic heterocycles. The Kier molecular flexibility index (Phi) is 4.20. The van der Waals surface area contributed by atoms with E-state index >= 15 is 0 Å². The van der Waals surface area contributed by atoms with Gasteiger partial charge in [0.1, 0.15) is 15.8 Å². The number of hydrogen-bond acceptors (Lipinski definition) is 6. The Bertz CT molecular complexity index is 1120. The predicted molar refractivity (Wildman–Crippen MR) is 116 cm³/mol. The molecule has 4 nitrogen and oxygen atoms in total. The molecule has 2 N–H and O–H groups in total.